The van der Waals surface area contributed by atoms with Crippen molar-refractivity contribution in [2.45, 2.75) is 56.8 Å². The molecule has 0 radical (unpaired) electrons. The highest BCUT2D eigenvalue weighted by Gasteiger charge is 2.24. The van der Waals surface area contributed by atoms with E-state index < -0.39 is 0 Å². The molecular formula is C50H43IN2. The molecule has 0 spiro atoms. The van der Waals surface area contributed by atoms with E-state index in [4.69, 9.17) is 0 Å². The summed E-state index contributed by atoms with van der Waals surface area (Å²) >= 11 is 2.56. The number of nitrogens with zero attached hydrogens (tertiary/aromatic N) is 2. The van der Waals surface area contributed by atoms with Gasteiger partial charge in [-0.2, -0.15) is 0 Å². The SMILES string of the molecule is Cc1c(-c2cccc(-n3c4c(c5c3CCC=C5)C=CCC=C4)c2)cc(-c2ccc(-c3ccccn3)cc2)c2ccc3cc(C(C)(C)C)cc(CI)c3c12. The van der Waals surface area contributed by atoms with E-state index in [1.165, 1.54) is 88.7 Å². The van der Waals surface area contributed by atoms with Crippen LogP contribution in [0.3, 0.4) is 0 Å². The van der Waals surface area contributed by atoms with Crippen LogP contribution in [-0.4, -0.2) is 9.55 Å². The fourth-order valence-corrected chi connectivity index (χ4v) is 9.09. The van der Waals surface area contributed by atoms with Gasteiger partial charge in [-0.25, -0.2) is 0 Å². The van der Waals surface area contributed by atoms with Crippen molar-refractivity contribution in [1.29, 1.82) is 0 Å². The summed E-state index contributed by atoms with van der Waals surface area (Å²) in [5.74, 6) is 0. The van der Waals surface area contributed by atoms with Crippen LogP contribution in [0.1, 0.15) is 72.8 Å². The summed E-state index contributed by atoms with van der Waals surface area (Å²) in [5, 5.41) is 5.34. The van der Waals surface area contributed by atoms with Crippen LogP contribution in [0.25, 0.3) is 79.0 Å². The summed E-state index contributed by atoms with van der Waals surface area (Å²) in [5.41, 5.74) is 17.9. The Hall–Kier alpha value is -5.00. The molecule has 0 bridgehead atoms. The summed E-state index contributed by atoms with van der Waals surface area (Å²) in [7, 11) is 0. The van der Waals surface area contributed by atoms with Crippen molar-refractivity contribution in [3.63, 3.8) is 0 Å². The number of halogens is 1. The summed E-state index contributed by atoms with van der Waals surface area (Å²) in [6, 6.07) is 36.4. The highest BCUT2D eigenvalue weighted by atomic mass is 127. The molecule has 2 aliphatic rings. The van der Waals surface area contributed by atoms with Gasteiger partial charge in [0.1, 0.15) is 0 Å². The molecule has 2 aliphatic carbocycles. The van der Waals surface area contributed by atoms with Gasteiger partial charge in [0.15, 0.2) is 0 Å². The van der Waals surface area contributed by atoms with Gasteiger partial charge in [0.25, 0.3) is 0 Å². The maximum absolute atomic E-state index is 4.62. The molecule has 2 nitrogen and oxygen atoms in total. The first-order valence-corrected chi connectivity index (χ1v) is 20.3. The number of aromatic nitrogens is 2. The molecule has 260 valence electrons. The maximum Gasteiger partial charge on any atom is 0.0701 e. The van der Waals surface area contributed by atoms with Gasteiger partial charge in [-0.3, -0.25) is 4.98 Å². The zero-order valence-electron chi connectivity index (χ0n) is 30.9. The lowest BCUT2D eigenvalue weighted by Gasteiger charge is -2.23. The minimum absolute atomic E-state index is 0.0677. The number of hydrogen-bond donors (Lipinski definition) is 0. The van der Waals surface area contributed by atoms with E-state index in [1.807, 2.05) is 12.3 Å². The molecule has 0 aliphatic heterocycles. The second kappa shape index (κ2) is 13.4. The number of aryl methyl sites for hydroxylation is 1. The van der Waals surface area contributed by atoms with Crippen molar-refractivity contribution in [2.75, 3.05) is 0 Å². The molecule has 0 fully saturated rings. The average molecular weight is 799 g/mol. The number of hydrogen-bond acceptors (Lipinski definition) is 1. The van der Waals surface area contributed by atoms with Crippen molar-refractivity contribution < 1.29 is 0 Å². The molecule has 0 saturated carbocycles. The standard InChI is InChI=1S/C50H43IN2/c1-32-43(35-13-12-14-39(29-35)53-46-18-7-5-6-15-40(46)41-16-8-9-19-47(41)53)30-44(33-20-22-34(23-21-33)45-17-10-11-26-52-45)42-25-24-36-27-38(50(2,3)4)28-37(31-51)49(36)48(32)42/h6-8,10-18,20-30H,5,9,19,31H2,1-4H3. The van der Waals surface area contributed by atoms with Gasteiger partial charge in [0.2, 0.25) is 0 Å². The quantitative estimate of drug-likeness (QED) is 0.0963. The summed E-state index contributed by atoms with van der Waals surface area (Å²) in [6.07, 6.45) is 18.8. The van der Waals surface area contributed by atoms with Crippen molar-refractivity contribution in [3.05, 3.63) is 161 Å². The number of pyridine rings is 1. The first-order valence-electron chi connectivity index (χ1n) is 18.8. The highest BCUT2D eigenvalue weighted by molar-refractivity contribution is 14.1. The third kappa shape index (κ3) is 5.90. The molecule has 2 heterocycles. The number of allylic oxidation sites excluding steroid dienone is 3. The minimum Gasteiger partial charge on any atom is -0.313 e. The number of alkyl halides is 1. The van der Waals surface area contributed by atoms with Crippen molar-refractivity contribution >= 4 is 62.4 Å². The van der Waals surface area contributed by atoms with E-state index in [1.54, 1.807) is 0 Å². The van der Waals surface area contributed by atoms with Gasteiger partial charge in [-0.05, 0) is 128 Å². The fraction of sp³-hybridized carbons (Fsp3) is 0.180. The highest BCUT2D eigenvalue weighted by Crippen LogP contribution is 2.44. The largest absolute Gasteiger partial charge is 0.313 e. The summed E-state index contributed by atoms with van der Waals surface area (Å²) in [4.78, 5) is 4.62. The van der Waals surface area contributed by atoms with Crippen LogP contribution >= 0.6 is 22.6 Å². The number of benzene rings is 5. The van der Waals surface area contributed by atoms with Crippen LogP contribution in [0.15, 0.2) is 121 Å². The van der Waals surface area contributed by atoms with E-state index in [-0.39, 0.29) is 5.41 Å². The average Bonchev–Trinajstić information content (AvgIpc) is 3.30. The van der Waals surface area contributed by atoms with Crippen LogP contribution in [-0.2, 0) is 16.3 Å². The lowest BCUT2D eigenvalue weighted by molar-refractivity contribution is 0.590. The van der Waals surface area contributed by atoms with E-state index in [0.29, 0.717) is 0 Å². The van der Waals surface area contributed by atoms with Gasteiger partial charge in [0, 0.05) is 38.7 Å². The second-order valence-electron chi connectivity index (χ2n) is 15.5. The molecule has 7 aromatic rings. The molecule has 2 aromatic heterocycles. The van der Waals surface area contributed by atoms with Crippen LogP contribution in [0.5, 0.6) is 0 Å². The maximum atomic E-state index is 4.62. The normalized spacial score (nSPS) is 13.8. The van der Waals surface area contributed by atoms with Gasteiger partial charge in [-0.15, -0.1) is 0 Å². The Kier molecular flexibility index (Phi) is 8.58. The Morgan fingerprint density at radius 1 is 0.717 bits per heavy atom. The smallest absolute Gasteiger partial charge is 0.0701 e. The topological polar surface area (TPSA) is 17.8 Å². The lowest BCUT2D eigenvalue weighted by atomic mass is 9.81. The Balaban J connectivity index is 1.30. The van der Waals surface area contributed by atoms with Crippen LogP contribution < -0.4 is 0 Å². The molecule has 0 saturated heterocycles. The zero-order chi connectivity index (χ0) is 36.3. The monoisotopic (exact) mass is 798 g/mol. The van der Waals surface area contributed by atoms with Gasteiger partial charge >= 0.3 is 0 Å². The molecule has 0 unspecified atom stereocenters. The fourth-order valence-electron chi connectivity index (χ4n) is 8.49. The van der Waals surface area contributed by atoms with Crippen molar-refractivity contribution in [3.8, 4) is 39.2 Å². The first kappa shape index (κ1) is 33.8. The molecule has 9 rings (SSSR count). The zero-order valence-corrected chi connectivity index (χ0v) is 33.0. The molecule has 5 aromatic carbocycles. The molecule has 0 amide bonds. The first-order chi connectivity index (χ1) is 25.8. The molecule has 0 atom stereocenters. The van der Waals surface area contributed by atoms with Crippen LogP contribution in [0.2, 0.25) is 0 Å². The lowest BCUT2D eigenvalue weighted by Crippen LogP contribution is -2.11. The molecule has 3 heteroatoms. The van der Waals surface area contributed by atoms with Crippen LogP contribution in [0, 0.1) is 6.92 Å². The molecule has 53 heavy (non-hydrogen) atoms. The predicted octanol–water partition coefficient (Wildman–Crippen LogP) is 14.1. The van der Waals surface area contributed by atoms with E-state index >= 15 is 0 Å². The van der Waals surface area contributed by atoms with Gasteiger partial charge < -0.3 is 4.57 Å². The Morgan fingerprint density at radius 3 is 2.32 bits per heavy atom. The van der Waals surface area contributed by atoms with Crippen LogP contribution in [0.4, 0.5) is 0 Å². The van der Waals surface area contributed by atoms with E-state index in [9.17, 15) is 0 Å². The Bertz CT molecular complexity index is 2640. The van der Waals surface area contributed by atoms with E-state index in [2.05, 4.69) is 187 Å². The van der Waals surface area contributed by atoms with Crippen molar-refractivity contribution in [1.82, 2.24) is 9.55 Å². The van der Waals surface area contributed by atoms with E-state index in [0.717, 1.165) is 34.9 Å². The summed E-state index contributed by atoms with van der Waals surface area (Å²) < 4.78 is 3.47. The van der Waals surface area contributed by atoms with Crippen molar-refractivity contribution in [2.24, 2.45) is 0 Å². The third-order valence-electron chi connectivity index (χ3n) is 11.2. The number of rotatable bonds is 5. The third-order valence-corrected chi connectivity index (χ3v) is 12.0. The molecule has 0 N–H and O–H groups in total. The molecular weight excluding hydrogens is 755 g/mol. The Labute approximate surface area is 326 Å². The predicted molar refractivity (Wildman–Crippen MR) is 236 cm³/mol. The Morgan fingerprint density at radius 2 is 1.53 bits per heavy atom. The second-order valence-corrected chi connectivity index (χ2v) is 16.3. The number of fused-ring (bicyclic) bond motifs is 6. The van der Waals surface area contributed by atoms with Gasteiger partial charge in [-0.1, -0.05) is 140 Å². The summed E-state index contributed by atoms with van der Waals surface area (Å²) in [6.45, 7) is 9.30. The van der Waals surface area contributed by atoms with Gasteiger partial charge in [0.05, 0.1) is 11.4 Å². The minimum atomic E-state index is 0.0677.